The number of nitrogens with zero attached hydrogens (tertiary/aromatic N) is 1. The molecule has 3 aromatic rings. The van der Waals surface area contributed by atoms with Crippen LogP contribution in [0.1, 0.15) is 16.7 Å². The Hall–Kier alpha value is -2.54. The van der Waals surface area contributed by atoms with Crippen molar-refractivity contribution in [3.63, 3.8) is 0 Å². The van der Waals surface area contributed by atoms with Crippen molar-refractivity contribution < 1.29 is 17.9 Å². The van der Waals surface area contributed by atoms with E-state index in [0.717, 1.165) is 15.4 Å². The fraction of sp³-hybridized carbons (Fsp3) is 0.174. The van der Waals surface area contributed by atoms with Gasteiger partial charge < -0.3 is 4.74 Å². The quantitative estimate of drug-likeness (QED) is 0.455. The number of hydrogen-bond acceptors (Lipinski definition) is 4. The lowest BCUT2D eigenvalue weighted by atomic mass is 10.1. The molecule has 8 heteroatoms. The van der Waals surface area contributed by atoms with Crippen LogP contribution in [-0.2, 0) is 14.8 Å². The van der Waals surface area contributed by atoms with Gasteiger partial charge in [0.15, 0.2) is 6.61 Å². The van der Waals surface area contributed by atoms with Gasteiger partial charge in [0.1, 0.15) is 5.75 Å². The zero-order chi connectivity index (χ0) is 22.8. The third kappa shape index (κ3) is 5.21. The molecule has 5 nitrogen and oxygen atoms in total. The van der Waals surface area contributed by atoms with Gasteiger partial charge in [-0.3, -0.25) is 4.79 Å². The molecule has 0 N–H and O–H groups in total. The summed E-state index contributed by atoms with van der Waals surface area (Å²) in [4.78, 5) is 13.2. The second-order valence-corrected chi connectivity index (χ2v) is 9.77. The molecule has 0 bridgehead atoms. The topological polar surface area (TPSA) is 63.7 Å². The fourth-order valence-corrected chi connectivity index (χ4v) is 4.84. The average Bonchev–Trinajstić information content (AvgIpc) is 2.70. The highest BCUT2D eigenvalue weighted by atomic mass is 35.5. The molecule has 0 spiro atoms. The molecule has 0 aliphatic rings. The highest BCUT2D eigenvalue weighted by Crippen LogP contribution is 2.29. The van der Waals surface area contributed by atoms with Crippen molar-refractivity contribution in [2.24, 2.45) is 0 Å². The summed E-state index contributed by atoms with van der Waals surface area (Å²) in [5, 5.41) is 0.934. The fourth-order valence-electron chi connectivity index (χ4n) is 3.02. The number of aryl methyl sites for hydroxylation is 3. The number of carbonyl (C=O) groups is 1. The molecule has 1 amide bonds. The van der Waals surface area contributed by atoms with Crippen LogP contribution in [0.4, 0.5) is 5.69 Å². The van der Waals surface area contributed by atoms with Gasteiger partial charge in [-0.1, -0.05) is 35.3 Å². The van der Waals surface area contributed by atoms with Crippen LogP contribution in [0.3, 0.4) is 0 Å². The number of benzene rings is 3. The molecule has 0 aliphatic heterocycles. The van der Waals surface area contributed by atoms with E-state index in [0.29, 0.717) is 21.4 Å². The first-order valence-corrected chi connectivity index (χ1v) is 11.6. The number of anilines is 1. The summed E-state index contributed by atoms with van der Waals surface area (Å²) < 4.78 is 33.4. The summed E-state index contributed by atoms with van der Waals surface area (Å²) in [5.41, 5.74) is 2.47. The summed E-state index contributed by atoms with van der Waals surface area (Å²) in [6.07, 6.45) is 0. The SMILES string of the molecule is Cc1ccc(C)c(N(C(=O)COc2ccc(Cl)cc2C)S(=O)(=O)c2ccc(Cl)cc2)c1. The summed E-state index contributed by atoms with van der Waals surface area (Å²) in [5.74, 6) is -0.277. The van der Waals surface area contributed by atoms with Gasteiger partial charge in [0.25, 0.3) is 15.9 Å². The van der Waals surface area contributed by atoms with Gasteiger partial charge in [0.05, 0.1) is 10.6 Å². The minimum absolute atomic E-state index is 0.0474. The van der Waals surface area contributed by atoms with Crippen LogP contribution in [0.15, 0.2) is 65.6 Å². The van der Waals surface area contributed by atoms with E-state index in [1.807, 2.05) is 13.0 Å². The highest BCUT2D eigenvalue weighted by Gasteiger charge is 2.32. The van der Waals surface area contributed by atoms with Crippen LogP contribution in [0, 0.1) is 20.8 Å². The number of amides is 1. The van der Waals surface area contributed by atoms with Crippen LogP contribution < -0.4 is 9.04 Å². The van der Waals surface area contributed by atoms with Gasteiger partial charge in [0.2, 0.25) is 0 Å². The molecule has 0 saturated heterocycles. The zero-order valence-corrected chi connectivity index (χ0v) is 19.6. The molecule has 0 unspecified atom stereocenters. The summed E-state index contributed by atoms with van der Waals surface area (Å²) in [6.45, 7) is 4.89. The van der Waals surface area contributed by atoms with Gasteiger partial charge in [-0.2, -0.15) is 4.31 Å². The molecule has 31 heavy (non-hydrogen) atoms. The molecule has 3 rings (SSSR count). The predicted molar refractivity (Wildman–Crippen MR) is 124 cm³/mol. The van der Waals surface area contributed by atoms with Crippen molar-refractivity contribution in [2.75, 3.05) is 10.9 Å². The van der Waals surface area contributed by atoms with Crippen LogP contribution in [0.25, 0.3) is 0 Å². The Labute approximate surface area is 192 Å². The Bertz CT molecular complexity index is 1220. The maximum Gasteiger partial charge on any atom is 0.278 e. The lowest BCUT2D eigenvalue weighted by Gasteiger charge is -2.25. The minimum Gasteiger partial charge on any atom is -0.483 e. The standard InChI is InChI=1S/C23H21Cl2NO4S/c1-15-4-5-16(2)21(12-15)26(31(28,29)20-9-6-18(24)7-10-20)23(27)14-30-22-11-8-19(25)13-17(22)3/h4-13H,14H2,1-3H3. The largest absolute Gasteiger partial charge is 0.483 e. The number of sulfonamides is 1. The first-order valence-electron chi connectivity index (χ1n) is 9.39. The summed E-state index contributed by atoms with van der Waals surface area (Å²) >= 11 is 11.9. The molecule has 0 aliphatic carbocycles. The Morgan fingerprint density at radius 1 is 0.871 bits per heavy atom. The maximum atomic E-state index is 13.5. The maximum absolute atomic E-state index is 13.5. The minimum atomic E-state index is -4.21. The smallest absolute Gasteiger partial charge is 0.278 e. The predicted octanol–water partition coefficient (Wildman–Crippen LogP) is 5.72. The van der Waals surface area contributed by atoms with E-state index in [-0.39, 0.29) is 10.6 Å². The van der Waals surface area contributed by atoms with E-state index >= 15 is 0 Å². The molecule has 0 saturated carbocycles. The lowest BCUT2D eigenvalue weighted by Crippen LogP contribution is -2.40. The zero-order valence-electron chi connectivity index (χ0n) is 17.2. The second kappa shape index (κ2) is 9.30. The Kier molecular flexibility index (Phi) is 6.94. The van der Waals surface area contributed by atoms with E-state index in [1.165, 1.54) is 24.3 Å². The number of halogens is 2. The molecular formula is C23H21Cl2NO4S. The molecular weight excluding hydrogens is 457 g/mol. The second-order valence-electron chi connectivity index (χ2n) is 7.11. The molecule has 0 radical (unpaired) electrons. The van der Waals surface area contributed by atoms with Crippen LogP contribution in [0.5, 0.6) is 5.75 Å². The van der Waals surface area contributed by atoms with Gasteiger partial charge in [0, 0.05) is 10.0 Å². The van der Waals surface area contributed by atoms with Crippen molar-refractivity contribution in [2.45, 2.75) is 25.7 Å². The van der Waals surface area contributed by atoms with Crippen molar-refractivity contribution >= 4 is 44.8 Å². The molecule has 0 atom stereocenters. The Balaban J connectivity index is 2.02. The van der Waals surface area contributed by atoms with E-state index < -0.39 is 22.5 Å². The van der Waals surface area contributed by atoms with E-state index in [1.54, 1.807) is 44.2 Å². The third-order valence-electron chi connectivity index (χ3n) is 4.65. The van der Waals surface area contributed by atoms with Crippen molar-refractivity contribution in [1.82, 2.24) is 0 Å². The first-order chi connectivity index (χ1) is 14.6. The number of hydrogen-bond donors (Lipinski definition) is 0. The molecule has 3 aromatic carbocycles. The summed E-state index contributed by atoms with van der Waals surface area (Å²) in [6, 6.07) is 15.9. The molecule has 0 heterocycles. The van der Waals surface area contributed by atoms with Crippen LogP contribution in [0.2, 0.25) is 10.0 Å². The van der Waals surface area contributed by atoms with Crippen LogP contribution in [-0.4, -0.2) is 20.9 Å². The van der Waals surface area contributed by atoms with Gasteiger partial charge in [-0.15, -0.1) is 0 Å². The first kappa shape index (κ1) is 23.1. The normalized spacial score (nSPS) is 11.3. The number of ether oxygens (including phenoxy) is 1. The van der Waals surface area contributed by atoms with Gasteiger partial charge >= 0.3 is 0 Å². The van der Waals surface area contributed by atoms with E-state index in [2.05, 4.69) is 0 Å². The number of rotatable bonds is 6. The average molecular weight is 478 g/mol. The Morgan fingerprint density at radius 3 is 2.16 bits per heavy atom. The van der Waals surface area contributed by atoms with Crippen molar-refractivity contribution in [3.8, 4) is 5.75 Å². The monoisotopic (exact) mass is 477 g/mol. The van der Waals surface area contributed by atoms with Crippen LogP contribution >= 0.6 is 23.2 Å². The van der Waals surface area contributed by atoms with Crippen molar-refractivity contribution in [3.05, 3.63) is 87.4 Å². The highest BCUT2D eigenvalue weighted by molar-refractivity contribution is 7.93. The van der Waals surface area contributed by atoms with Crippen molar-refractivity contribution in [1.29, 1.82) is 0 Å². The third-order valence-corrected chi connectivity index (χ3v) is 6.89. The molecule has 0 aromatic heterocycles. The summed E-state index contributed by atoms with van der Waals surface area (Å²) in [7, 11) is -4.21. The van der Waals surface area contributed by atoms with E-state index in [4.69, 9.17) is 27.9 Å². The van der Waals surface area contributed by atoms with Gasteiger partial charge in [-0.25, -0.2) is 8.42 Å². The molecule has 162 valence electrons. The van der Waals surface area contributed by atoms with E-state index in [9.17, 15) is 13.2 Å². The Morgan fingerprint density at radius 2 is 1.52 bits per heavy atom. The number of carbonyl (C=O) groups excluding carboxylic acids is 1. The molecule has 0 fully saturated rings. The van der Waals surface area contributed by atoms with Gasteiger partial charge in [-0.05, 0) is 86.0 Å². The lowest BCUT2D eigenvalue weighted by molar-refractivity contribution is -0.119.